The number of hydrogen-bond acceptors (Lipinski definition) is 2. The molecule has 88 valence electrons. The molecule has 2 N–H and O–H groups in total. The van der Waals surface area contributed by atoms with Gasteiger partial charge in [0.2, 0.25) is 0 Å². The van der Waals surface area contributed by atoms with Crippen molar-refractivity contribution in [2.24, 2.45) is 0 Å². The van der Waals surface area contributed by atoms with Crippen LogP contribution in [0, 0.1) is 5.82 Å². The van der Waals surface area contributed by atoms with Gasteiger partial charge in [-0.2, -0.15) is 0 Å². The van der Waals surface area contributed by atoms with Gasteiger partial charge in [-0.15, -0.1) is 11.8 Å². The number of nitrogens with two attached hydrogens (primary N) is 1. The van der Waals surface area contributed by atoms with Crippen LogP contribution in [0.1, 0.15) is 5.56 Å². The number of hydrogen-bond donors (Lipinski definition) is 1. The number of anilines is 1. The van der Waals surface area contributed by atoms with Crippen molar-refractivity contribution in [2.45, 2.75) is 10.6 Å². The predicted molar refractivity (Wildman–Crippen MR) is 74.5 cm³/mol. The maximum Gasteiger partial charge on any atom is 0.147 e. The Bertz CT molecular complexity index is 531. The Morgan fingerprint density at radius 3 is 2.65 bits per heavy atom. The molecule has 0 saturated heterocycles. The summed E-state index contributed by atoms with van der Waals surface area (Å²) in [6.07, 6.45) is 0. The van der Waals surface area contributed by atoms with Crippen LogP contribution in [0.2, 0.25) is 0 Å². The second-order valence-corrected chi connectivity index (χ2v) is 5.47. The van der Waals surface area contributed by atoms with Crippen LogP contribution in [0.3, 0.4) is 0 Å². The quantitative estimate of drug-likeness (QED) is 0.669. The van der Waals surface area contributed by atoms with Crippen molar-refractivity contribution in [2.75, 3.05) is 5.73 Å². The standard InChI is InChI=1S/C13H11BrFNS/c14-11-4-2-1-3-9(11)8-17-10-5-6-13(16)12(15)7-10/h1-7H,8,16H2. The molecule has 0 aromatic heterocycles. The molecule has 0 heterocycles. The molecule has 0 saturated carbocycles. The molecule has 0 aliphatic carbocycles. The van der Waals surface area contributed by atoms with Crippen LogP contribution in [-0.4, -0.2) is 0 Å². The molecule has 17 heavy (non-hydrogen) atoms. The maximum atomic E-state index is 13.2. The molecule has 4 heteroatoms. The van der Waals surface area contributed by atoms with E-state index >= 15 is 0 Å². The lowest BCUT2D eigenvalue weighted by atomic mass is 10.2. The molecule has 0 aliphatic heterocycles. The summed E-state index contributed by atoms with van der Waals surface area (Å²) >= 11 is 5.07. The molecular weight excluding hydrogens is 301 g/mol. The van der Waals surface area contributed by atoms with Crippen molar-refractivity contribution in [1.82, 2.24) is 0 Å². The van der Waals surface area contributed by atoms with Crippen LogP contribution in [0.4, 0.5) is 10.1 Å². The summed E-state index contributed by atoms with van der Waals surface area (Å²) in [4.78, 5) is 0.882. The van der Waals surface area contributed by atoms with Crippen molar-refractivity contribution in [3.63, 3.8) is 0 Å². The van der Waals surface area contributed by atoms with Crippen LogP contribution in [0.25, 0.3) is 0 Å². The lowest BCUT2D eigenvalue weighted by molar-refractivity contribution is 0.629. The zero-order valence-corrected chi connectivity index (χ0v) is 11.4. The van der Waals surface area contributed by atoms with Gasteiger partial charge in [-0.1, -0.05) is 34.1 Å². The fraction of sp³-hybridized carbons (Fsp3) is 0.0769. The highest BCUT2D eigenvalue weighted by atomic mass is 79.9. The first-order chi connectivity index (χ1) is 8.16. The first kappa shape index (κ1) is 12.5. The van der Waals surface area contributed by atoms with E-state index in [9.17, 15) is 4.39 Å². The lowest BCUT2D eigenvalue weighted by Gasteiger charge is -2.05. The minimum Gasteiger partial charge on any atom is -0.396 e. The summed E-state index contributed by atoms with van der Waals surface area (Å²) < 4.78 is 14.3. The van der Waals surface area contributed by atoms with Gasteiger partial charge in [0, 0.05) is 15.1 Å². The largest absolute Gasteiger partial charge is 0.396 e. The van der Waals surface area contributed by atoms with Crippen LogP contribution < -0.4 is 5.73 Å². The fourth-order valence-electron chi connectivity index (χ4n) is 1.37. The van der Waals surface area contributed by atoms with E-state index in [2.05, 4.69) is 15.9 Å². The molecule has 2 aromatic rings. The van der Waals surface area contributed by atoms with Crippen LogP contribution >= 0.6 is 27.7 Å². The molecule has 1 nitrogen and oxygen atoms in total. The summed E-state index contributed by atoms with van der Waals surface area (Å²) in [6.45, 7) is 0. The molecule has 0 atom stereocenters. The summed E-state index contributed by atoms with van der Waals surface area (Å²) in [5.74, 6) is 0.437. The normalized spacial score (nSPS) is 10.5. The first-order valence-corrected chi connectivity index (χ1v) is 6.86. The highest BCUT2D eigenvalue weighted by Gasteiger charge is 2.03. The number of benzene rings is 2. The van der Waals surface area contributed by atoms with Gasteiger partial charge in [0.25, 0.3) is 0 Å². The van der Waals surface area contributed by atoms with E-state index in [4.69, 9.17) is 5.73 Å². The van der Waals surface area contributed by atoms with Gasteiger partial charge in [0.15, 0.2) is 0 Å². The number of rotatable bonds is 3. The molecule has 0 radical (unpaired) electrons. The number of nitrogen functional groups attached to an aromatic ring is 1. The highest BCUT2D eigenvalue weighted by Crippen LogP contribution is 2.28. The Hall–Kier alpha value is -1.00. The Kier molecular flexibility index (Phi) is 4.07. The average molecular weight is 312 g/mol. The first-order valence-electron chi connectivity index (χ1n) is 5.08. The summed E-state index contributed by atoms with van der Waals surface area (Å²) in [6, 6.07) is 12.9. The van der Waals surface area contributed by atoms with Crippen molar-refractivity contribution in [3.05, 3.63) is 58.3 Å². The zero-order valence-electron chi connectivity index (χ0n) is 8.99. The highest BCUT2D eigenvalue weighted by molar-refractivity contribution is 9.10. The topological polar surface area (TPSA) is 26.0 Å². The van der Waals surface area contributed by atoms with Crippen molar-refractivity contribution < 1.29 is 4.39 Å². The second kappa shape index (κ2) is 5.56. The Labute approximate surface area is 112 Å². The van der Waals surface area contributed by atoms with Crippen molar-refractivity contribution in [1.29, 1.82) is 0 Å². The van der Waals surface area contributed by atoms with E-state index in [0.717, 1.165) is 15.1 Å². The Morgan fingerprint density at radius 1 is 1.18 bits per heavy atom. The van der Waals surface area contributed by atoms with E-state index < -0.39 is 0 Å². The number of thioether (sulfide) groups is 1. The second-order valence-electron chi connectivity index (χ2n) is 3.56. The fourth-order valence-corrected chi connectivity index (χ4v) is 2.91. The Balaban J connectivity index is 2.08. The minimum absolute atomic E-state index is 0.190. The molecule has 0 aliphatic rings. The van der Waals surface area contributed by atoms with Gasteiger partial charge in [-0.3, -0.25) is 0 Å². The van der Waals surface area contributed by atoms with Gasteiger partial charge >= 0.3 is 0 Å². The molecule has 0 bridgehead atoms. The molecule has 0 fully saturated rings. The maximum absolute atomic E-state index is 13.2. The van der Waals surface area contributed by atoms with Gasteiger partial charge in [-0.05, 0) is 29.8 Å². The number of halogens is 2. The molecule has 0 spiro atoms. The van der Waals surface area contributed by atoms with Gasteiger partial charge in [0.1, 0.15) is 5.82 Å². The van der Waals surface area contributed by atoms with E-state index in [0.29, 0.717) is 0 Å². The van der Waals surface area contributed by atoms with Crippen LogP contribution in [-0.2, 0) is 5.75 Å². The lowest BCUT2D eigenvalue weighted by Crippen LogP contribution is -1.90. The SMILES string of the molecule is Nc1ccc(SCc2ccccc2Br)cc1F. The van der Waals surface area contributed by atoms with E-state index in [-0.39, 0.29) is 11.5 Å². The molecule has 2 rings (SSSR count). The van der Waals surface area contributed by atoms with E-state index in [1.54, 1.807) is 17.8 Å². The zero-order chi connectivity index (χ0) is 12.3. The monoisotopic (exact) mass is 311 g/mol. The minimum atomic E-state index is -0.359. The van der Waals surface area contributed by atoms with Crippen LogP contribution in [0.15, 0.2) is 51.8 Å². The van der Waals surface area contributed by atoms with Crippen molar-refractivity contribution >= 4 is 33.4 Å². The van der Waals surface area contributed by atoms with E-state index in [1.165, 1.54) is 11.6 Å². The molecule has 0 unspecified atom stereocenters. The smallest absolute Gasteiger partial charge is 0.147 e. The third-order valence-electron chi connectivity index (χ3n) is 2.32. The summed E-state index contributed by atoms with van der Waals surface area (Å²) in [7, 11) is 0. The van der Waals surface area contributed by atoms with E-state index in [1.807, 2.05) is 30.3 Å². The van der Waals surface area contributed by atoms with Gasteiger partial charge in [-0.25, -0.2) is 4.39 Å². The molecule has 2 aromatic carbocycles. The van der Waals surface area contributed by atoms with Crippen molar-refractivity contribution in [3.8, 4) is 0 Å². The predicted octanol–water partition coefficient (Wildman–Crippen LogP) is 4.46. The third-order valence-corrected chi connectivity index (χ3v) is 4.14. The van der Waals surface area contributed by atoms with Gasteiger partial charge < -0.3 is 5.73 Å². The average Bonchev–Trinajstić information content (AvgIpc) is 2.32. The summed E-state index contributed by atoms with van der Waals surface area (Å²) in [5, 5.41) is 0. The summed E-state index contributed by atoms with van der Waals surface area (Å²) in [5.41, 5.74) is 6.81. The van der Waals surface area contributed by atoms with Gasteiger partial charge in [0.05, 0.1) is 5.69 Å². The Morgan fingerprint density at radius 2 is 1.94 bits per heavy atom. The van der Waals surface area contributed by atoms with Crippen LogP contribution in [0.5, 0.6) is 0 Å². The molecular formula is C13H11BrFNS. The third kappa shape index (κ3) is 3.23. The molecule has 0 amide bonds.